The molecule has 0 bridgehead atoms. The predicted molar refractivity (Wildman–Crippen MR) is 85.5 cm³/mol. The van der Waals surface area contributed by atoms with Crippen molar-refractivity contribution in [2.75, 3.05) is 0 Å². The van der Waals surface area contributed by atoms with E-state index in [1.165, 1.54) is 0 Å². The van der Waals surface area contributed by atoms with E-state index in [9.17, 15) is 4.79 Å². The molecule has 2 aromatic rings. The average Bonchev–Trinajstić information content (AvgIpc) is 2.90. The van der Waals surface area contributed by atoms with Crippen LogP contribution in [0.4, 0.5) is 0 Å². The van der Waals surface area contributed by atoms with Gasteiger partial charge in [0.25, 0.3) is 5.56 Å². The molecule has 2 heterocycles. The van der Waals surface area contributed by atoms with Gasteiger partial charge in [-0.05, 0) is 43.3 Å². The molecule has 20 heavy (non-hydrogen) atoms. The number of thiophene rings is 1. The summed E-state index contributed by atoms with van der Waals surface area (Å²) in [7, 11) is 0. The highest BCUT2D eigenvalue weighted by atomic mass is 32.1. The van der Waals surface area contributed by atoms with Crippen LogP contribution in [0.1, 0.15) is 61.8 Å². The number of nitrogens with two attached hydrogens (primary N) is 1. The molecular formula is C16H22N2OS. The summed E-state index contributed by atoms with van der Waals surface area (Å²) in [5.74, 6) is 0.317. The maximum absolute atomic E-state index is 12.8. The van der Waals surface area contributed by atoms with Gasteiger partial charge in [-0.2, -0.15) is 0 Å². The Labute approximate surface area is 124 Å². The van der Waals surface area contributed by atoms with Gasteiger partial charge >= 0.3 is 0 Å². The third-order valence-electron chi connectivity index (χ3n) is 3.47. The van der Waals surface area contributed by atoms with Crippen molar-refractivity contribution in [3.63, 3.8) is 0 Å². The molecular weight excluding hydrogens is 268 g/mol. The Balaban J connectivity index is 2.57. The molecule has 0 radical (unpaired) electrons. The quantitative estimate of drug-likeness (QED) is 0.934. The van der Waals surface area contributed by atoms with Gasteiger partial charge in [0, 0.05) is 22.2 Å². The van der Waals surface area contributed by atoms with Crippen LogP contribution in [-0.2, 0) is 0 Å². The maximum atomic E-state index is 12.8. The van der Waals surface area contributed by atoms with Crippen molar-refractivity contribution in [3.05, 3.63) is 56.1 Å². The molecule has 0 aliphatic rings. The van der Waals surface area contributed by atoms with Crippen molar-refractivity contribution in [2.45, 2.75) is 45.7 Å². The maximum Gasteiger partial charge on any atom is 0.256 e. The molecule has 4 heteroatoms. The molecule has 2 N–H and O–H groups in total. The number of aromatic nitrogens is 1. The fourth-order valence-electron chi connectivity index (χ4n) is 2.44. The second-order valence-electron chi connectivity index (χ2n) is 5.63. The normalized spacial score (nSPS) is 13.2. The lowest BCUT2D eigenvalue weighted by Crippen LogP contribution is -2.31. The van der Waals surface area contributed by atoms with Gasteiger partial charge in [-0.15, -0.1) is 11.3 Å². The fourth-order valence-corrected chi connectivity index (χ4v) is 3.19. The minimum Gasteiger partial charge on any atom is -0.319 e. The fraction of sp³-hybridized carbons (Fsp3) is 0.438. The number of rotatable bonds is 4. The van der Waals surface area contributed by atoms with Crippen molar-refractivity contribution in [2.24, 2.45) is 5.73 Å². The van der Waals surface area contributed by atoms with Crippen LogP contribution >= 0.6 is 11.3 Å². The number of pyridine rings is 1. The van der Waals surface area contributed by atoms with Crippen LogP contribution in [0.3, 0.4) is 0 Å². The van der Waals surface area contributed by atoms with Crippen LogP contribution in [0.2, 0.25) is 0 Å². The van der Waals surface area contributed by atoms with Gasteiger partial charge in [-0.25, -0.2) is 0 Å². The molecule has 1 unspecified atom stereocenters. The van der Waals surface area contributed by atoms with E-state index in [2.05, 4.69) is 13.8 Å². The lowest BCUT2D eigenvalue weighted by atomic mass is 10.0. The van der Waals surface area contributed by atoms with Gasteiger partial charge < -0.3 is 10.3 Å². The molecule has 0 aliphatic heterocycles. The highest BCUT2D eigenvalue weighted by Crippen LogP contribution is 2.24. The average molecular weight is 290 g/mol. The first kappa shape index (κ1) is 15.0. The smallest absolute Gasteiger partial charge is 0.256 e. The Morgan fingerprint density at radius 2 is 1.85 bits per heavy atom. The Kier molecular flexibility index (Phi) is 4.45. The van der Waals surface area contributed by atoms with Gasteiger partial charge in [0.05, 0.1) is 6.04 Å². The highest BCUT2D eigenvalue weighted by Gasteiger charge is 2.19. The molecule has 2 aromatic heterocycles. The summed E-state index contributed by atoms with van der Waals surface area (Å²) in [6.45, 7) is 8.28. The van der Waals surface area contributed by atoms with Crippen LogP contribution in [0, 0.1) is 0 Å². The summed E-state index contributed by atoms with van der Waals surface area (Å²) in [4.78, 5) is 13.8. The van der Waals surface area contributed by atoms with E-state index in [1.807, 2.05) is 48.1 Å². The van der Waals surface area contributed by atoms with Crippen LogP contribution in [0.15, 0.2) is 34.4 Å². The summed E-state index contributed by atoms with van der Waals surface area (Å²) >= 11 is 1.59. The lowest BCUT2D eigenvalue weighted by Gasteiger charge is -2.21. The van der Waals surface area contributed by atoms with Crippen molar-refractivity contribution < 1.29 is 0 Å². The Bertz CT molecular complexity index is 626. The third kappa shape index (κ3) is 2.72. The summed E-state index contributed by atoms with van der Waals surface area (Å²) in [5, 5.41) is 1.98. The Morgan fingerprint density at radius 1 is 1.15 bits per heavy atom. The zero-order chi connectivity index (χ0) is 14.9. The largest absolute Gasteiger partial charge is 0.319 e. The molecule has 3 nitrogen and oxygen atoms in total. The van der Waals surface area contributed by atoms with Crippen molar-refractivity contribution in [1.82, 2.24) is 4.57 Å². The first-order valence-corrected chi connectivity index (χ1v) is 7.85. The topological polar surface area (TPSA) is 48.0 Å². The zero-order valence-corrected chi connectivity index (χ0v) is 13.3. The first-order chi connectivity index (χ1) is 9.43. The van der Waals surface area contributed by atoms with Gasteiger partial charge in [0.2, 0.25) is 0 Å². The molecule has 0 amide bonds. The molecule has 0 saturated carbocycles. The van der Waals surface area contributed by atoms with Crippen LogP contribution in [0.25, 0.3) is 0 Å². The molecule has 0 saturated heterocycles. The van der Waals surface area contributed by atoms with E-state index in [0.717, 1.165) is 10.6 Å². The number of hydrogen-bond donors (Lipinski definition) is 1. The second-order valence-corrected chi connectivity index (χ2v) is 6.61. The Morgan fingerprint density at radius 3 is 2.35 bits per heavy atom. The standard InChI is InChI=1S/C16H22N2OS/c1-10(2)13-8-7-12(16(19)18(13)11(3)4)15(17)14-6-5-9-20-14/h5-11,15H,17H2,1-4H3. The van der Waals surface area contributed by atoms with Gasteiger partial charge in [-0.3, -0.25) is 4.79 Å². The molecule has 0 aliphatic carbocycles. The van der Waals surface area contributed by atoms with E-state index in [-0.39, 0.29) is 17.6 Å². The van der Waals surface area contributed by atoms with Gasteiger partial charge in [0.1, 0.15) is 0 Å². The molecule has 1 atom stereocenters. The predicted octanol–water partition coefficient (Wildman–Crippen LogP) is 3.66. The van der Waals surface area contributed by atoms with E-state index in [1.54, 1.807) is 11.3 Å². The summed E-state index contributed by atoms with van der Waals surface area (Å²) < 4.78 is 1.87. The van der Waals surface area contributed by atoms with Crippen molar-refractivity contribution in [1.29, 1.82) is 0 Å². The zero-order valence-electron chi connectivity index (χ0n) is 12.5. The number of hydrogen-bond acceptors (Lipinski definition) is 3. The SMILES string of the molecule is CC(C)c1ccc(C(N)c2cccs2)c(=O)n1C(C)C. The minimum absolute atomic E-state index is 0.0344. The van der Waals surface area contributed by atoms with Crippen molar-refractivity contribution >= 4 is 11.3 Å². The summed E-state index contributed by atoms with van der Waals surface area (Å²) in [6, 6.07) is 7.66. The lowest BCUT2D eigenvalue weighted by molar-refractivity contribution is 0.528. The minimum atomic E-state index is -0.339. The van der Waals surface area contributed by atoms with Crippen LogP contribution < -0.4 is 11.3 Å². The summed E-state index contributed by atoms with van der Waals surface area (Å²) in [6.07, 6.45) is 0. The van der Waals surface area contributed by atoms with Gasteiger partial charge in [-0.1, -0.05) is 19.9 Å². The molecule has 108 valence electrons. The second kappa shape index (κ2) is 5.94. The first-order valence-electron chi connectivity index (χ1n) is 6.97. The molecule has 0 spiro atoms. The highest BCUT2D eigenvalue weighted by molar-refractivity contribution is 7.10. The Hall–Kier alpha value is -1.39. The molecule has 0 aromatic carbocycles. The van der Waals surface area contributed by atoms with E-state index in [4.69, 9.17) is 5.73 Å². The molecule has 0 fully saturated rings. The van der Waals surface area contributed by atoms with Crippen LogP contribution in [0.5, 0.6) is 0 Å². The van der Waals surface area contributed by atoms with Gasteiger partial charge in [0.15, 0.2) is 0 Å². The van der Waals surface area contributed by atoms with Crippen molar-refractivity contribution in [3.8, 4) is 0 Å². The summed E-state index contributed by atoms with van der Waals surface area (Å²) in [5.41, 5.74) is 8.02. The van der Waals surface area contributed by atoms with E-state index >= 15 is 0 Å². The van der Waals surface area contributed by atoms with E-state index in [0.29, 0.717) is 11.5 Å². The monoisotopic (exact) mass is 290 g/mol. The number of nitrogens with zero attached hydrogens (tertiary/aromatic N) is 1. The van der Waals surface area contributed by atoms with Crippen LogP contribution in [-0.4, -0.2) is 4.57 Å². The van der Waals surface area contributed by atoms with E-state index < -0.39 is 0 Å². The third-order valence-corrected chi connectivity index (χ3v) is 4.43. The molecule has 2 rings (SSSR count).